The first-order chi connectivity index (χ1) is 13.7. The second kappa shape index (κ2) is 7.19. The van der Waals surface area contributed by atoms with Crippen molar-refractivity contribution in [3.8, 4) is 0 Å². The molecule has 0 bridgehead atoms. The Morgan fingerprint density at radius 1 is 0.406 bits per heavy atom. The van der Waals surface area contributed by atoms with Crippen molar-refractivity contribution in [1.82, 2.24) is 4.98 Å². The number of halogens is 18. The van der Waals surface area contributed by atoms with Gasteiger partial charge in [0, 0.05) is 23.5 Å². The Hall–Kier alpha value is -2.11. The van der Waals surface area contributed by atoms with Crippen molar-refractivity contribution < 1.29 is 79.0 Å². The fourth-order valence-corrected chi connectivity index (χ4v) is 1.90. The number of aromatic nitrogens is 1. The Morgan fingerprint density at radius 2 is 0.656 bits per heavy atom. The van der Waals surface area contributed by atoms with E-state index in [1.165, 1.54) is 0 Å². The van der Waals surface area contributed by atoms with Crippen LogP contribution in [0.15, 0.2) is 18.5 Å². The van der Waals surface area contributed by atoms with Gasteiger partial charge in [-0.25, -0.2) is 0 Å². The molecule has 186 valence electrons. The van der Waals surface area contributed by atoms with Crippen LogP contribution in [0.5, 0.6) is 0 Å². The van der Waals surface area contributed by atoms with Gasteiger partial charge in [-0.2, -0.15) is 79.0 Å². The zero-order chi connectivity index (χ0) is 26.0. The Morgan fingerprint density at radius 3 is 0.875 bits per heavy atom. The summed E-state index contributed by atoms with van der Waals surface area (Å²) in [5.41, 5.74) is -6.12. The van der Waals surface area contributed by atoms with Gasteiger partial charge in [0.2, 0.25) is 0 Å². The van der Waals surface area contributed by atoms with Crippen LogP contribution in [0.3, 0.4) is 0 Å². The number of hydrogen-bond acceptors (Lipinski definition) is 1. The zero-order valence-electron chi connectivity index (χ0n) is 14.0. The molecule has 0 fully saturated rings. The third kappa shape index (κ3) is 3.69. The smallest absolute Gasteiger partial charge is 0.264 e. The average Bonchev–Trinajstić information content (AvgIpc) is 2.59. The molecule has 0 unspecified atom stereocenters. The van der Waals surface area contributed by atoms with E-state index in [4.69, 9.17) is 0 Å². The van der Waals surface area contributed by atoms with Crippen LogP contribution in [-0.4, -0.2) is 41.0 Å². The third-order valence-electron chi connectivity index (χ3n) is 3.75. The molecule has 0 aliphatic carbocycles. The van der Waals surface area contributed by atoms with Gasteiger partial charge in [0.1, 0.15) is 0 Å². The Bertz CT molecular complexity index is 767. The number of hydrogen-bond donors (Lipinski definition) is 0. The molecule has 1 aromatic heterocycles. The summed E-state index contributed by atoms with van der Waals surface area (Å²) in [5.74, 6) is -43.8. The highest BCUT2D eigenvalue weighted by Gasteiger charge is 2.83. The summed E-state index contributed by atoms with van der Waals surface area (Å²) >= 11 is 0. The van der Waals surface area contributed by atoms with Crippen LogP contribution < -0.4 is 0 Å². The summed E-state index contributed by atoms with van der Waals surface area (Å²) in [7, 11) is 0. The number of alkyl halides is 18. The minimum absolute atomic E-state index is 0.806. The van der Waals surface area contributed by atoms with E-state index in [0.717, 1.165) is 0 Å². The maximum absolute atomic E-state index is 13.7. The molecule has 1 aromatic rings. The van der Waals surface area contributed by atoms with E-state index in [1.54, 1.807) is 0 Å². The van der Waals surface area contributed by atoms with Crippen LogP contribution in [0.4, 0.5) is 79.0 Å². The molecule has 0 aliphatic rings. The van der Waals surface area contributed by atoms with Gasteiger partial charge in [-0.3, -0.25) is 4.98 Å². The molecule has 0 N–H and O–H groups in total. The first-order valence-electron chi connectivity index (χ1n) is 7.07. The molecule has 0 saturated carbocycles. The number of nitrogens with zero attached hydrogens (tertiary/aromatic N) is 1. The van der Waals surface area contributed by atoms with Gasteiger partial charge in [0.15, 0.2) is 0 Å². The fraction of sp³-hybridized carbons (Fsp3) is 0.615. The third-order valence-corrected chi connectivity index (χ3v) is 3.75. The van der Waals surface area contributed by atoms with Gasteiger partial charge in [-0.15, -0.1) is 0 Å². The fourth-order valence-electron chi connectivity index (χ4n) is 1.90. The van der Waals surface area contributed by atoms with E-state index in [0.29, 0.717) is 0 Å². The van der Waals surface area contributed by atoms with Gasteiger partial charge >= 0.3 is 47.9 Å². The number of pyridine rings is 1. The van der Waals surface area contributed by atoms with Crippen LogP contribution in [0.2, 0.25) is 0 Å². The molecule has 1 rings (SSSR count). The van der Waals surface area contributed by atoms with Crippen molar-refractivity contribution in [3.05, 3.63) is 29.6 Å². The molecule has 0 radical (unpaired) electrons. The Kier molecular flexibility index (Phi) is 6.28. The molecule has 19 heteroatoms. The SMILES string of the molecule is FC(F)(F)C(F)(F)C(F)(F)C(F)(F)c1cncc(C(F)(F)C(F)(F)C(F)(F)C(F)(F)F)c1. The van der Waals surface area contributed by atoms with E-state index in [1.807, 2.05) is 0 Å². The van der Waals surface area contributed by atoms with Gasteiger partial charge in [-0.05, 0) is 6.07 Å². The molecular weight excluding hydrogens is 512 g/mol. The lowest BCUT2D eigenvalue weighted by atomic mass is 9.93. The number of rotatable bonds is 6. The molecule has 1 heterocycles. The largest absolute Gasteiger partial charge is 0.460 e. The van der Waals surface area contributed by atoms with Crippen LogP contribution in [0.25, 0.3) is 0 Å². The summed E-state index contributed by atoms with van der Waals surface area (Å²) in [5, 5.41) is 0. The quantitative estimate of drug-likeness (QED) is 0.375. The van der Waals surface area contributed by atoms with Crippen molar-refractivity contribution in [2.45, 2.75) is 47.9 Å². The topological polar surface area (TPSA) is 12.9 Å². The maximum Gasteiger partial charge on any atom is 0.460 e. The van der Waals surface area contributed by atoms with Crippen LogP contribution in [0, 0.1) is 0 Å². The summed E-state index contributed by atoms with van der Waals surface area (Å²) in [6, 6.07) is -1.40. The van der Waals surface area contributed by atoms with E-state index in [9.17, 15) is 79.0 Å². The molecule has 0 aromatic carbocycles. The van der Waals surface area contributed by atoms with Crippen molar-refractivity contribution in [3.63, 3.8) is 0 Å². The van der Waals surface area contributed by atoms with Gasteiger partial charge in [0.05, 0.1) is 0 Å². The van der Waals surface area contributed by atoms with E-state index >= 15 is 0 Å². The van der Waals surface area contributed by atoms with Crippen LogP contribution in [-0.2, 0) is 11.8 Å². The van der Waals surface area contributed by atoms with Crippen LogP contribution in [0.1, 0.15) is 11.1 Å². The first-order valence-corrected chi connectivity index (χ1v) is 7.07. The van der Waals surface area contributed by atoms with Crippen molar-refractivity contribution in [1.29, 1.82) is 0 Å². The van der Waals surface area contributed by atoms with Crippen molar-refractivity contribution >= 4 is 0 Å². The summed E-state index contributed by atoms with van der Waals surface area (Å²) < 4.78 is 232. The predicted octanol–water partition coefficient (Wildman–Crippen LogP) is 6.93. The van der Waals surface area contributed by atoms with Gasteiger partial charge in [0.25, 0.3) is 0 Å². The standard InChI is InChI=1S/C13H3F18N/c14-6(15,8(18,19)10(22,23)12(26,27)28)4-1-5(3-32-2-4)7(16,17)9(20,21)11(24,25)13(29,30)31/h1-3H. The Labute approximate surface area is 163 Å². The minimum Gasteiger partial charge on any atom is -0.264 e. The maximum atomic E-state index is 13.7. The zero-order valence-corrected chi connectivity index (χ0v) is 14.0. The first kappa shape index (κ1) is 27.9. The second-order valence-electron chi connectivity index (χ2n) is 5.90. The monoisotopic (exact) mass is 515 g/mol. The molecule has 0 saturated heterocycles. The highest BCUT2D eigenvalue weighted by atomic mass is 19.4. The molecule has 1 nitrogen and oxygen atoms in total. The summed E-state index contributed by atoms with van der Waals surface area (Å²) in [4.78, 5) is 2.15. The van der Waals surface area contributed by atoms with Crippen molar-refractivity contribution in [2.24, 2.45) is 0 Å². The normalized spacial score (nSPS) is 15.8. The lowest BCUT2D eigenvalue weighted by Gasteiger charge is -2.35. The molecule has 32 heavy (non-hydrogen) atoms. The second-order valence-corrected chi connectivity index (χ2v) is 5.90. The van der Waals surface area contributed by atoms with Crippen LogP contribution >= 0.6 is 0 Å². The average molecular weight is 515 g/mol. The van der Waals surface area contributed by atoms with Crippen molar-refractivity contribution in [2.75, 3.05) is 0 Å². The van der Waals surface area contributed by atoms with Gasteiger partial charge in [-0.1, -0.05) is 0 Å². The molecule has 0 atom stereocenters. The molecule has 0 aliphatic heterocycles. The minimum atomic E-state index is -7.56. The lowest BCUT2D eigenvalue weighted by Crippen LogP contribution is -2.60. The van der Waals surface area contributed by atoms with E-state index < -0.39 is 77.5 Å². The Balaban J connectivity index is 3.68. The summed E-state index contributed by atoms with van der Waals surface area (Å²) in [6.07, 6.45) is -16.3. The van der Waals surface area contributed by atoms with E-state index in [-0.39, 0.29) is 0 Å². The lowest BCUT2D eigenvalue weighted by molar-refractivity contribution is -0.400. The summed E-state index contributed by atoms with van der Waals surface area (Å²) in [6.45, 7) is 0. The highest BCUT2D eigenvalue weighted by molar-refractivity contribution is 5.30. The van der Waals surface area contributed by atoms with Gasteiger partial charge < -0.3 is 0 Å². The van der Waals surface area contributed by atoms with E-state index in [2.05, 4.69) is 4.98 Å². The highest BCUT2D eigenvalue weighted by Crippen LogP contribution is 2.59. The predicted molar refractivity (Wildman–Crippen MR) is 63.9 cm³/mol. The molecule has 0 amide bonds. The molecule has 0 spiro atoms. The molecular formula is C13H3F18N.